The third-order valence-corrected chi connectivity index (χ3v) is 5.69. The van der Waals surface area contributed by atoms with Crippen LogP contribution in [0.15, 0.2) is 17.5 Å². The Morgan fingerprint density at radius 3 is 2.26 bits per heavy atom. The molecule has 0 amide bonds. The molecule has 0 aliphatic rings. The summed E-state index contributed by atoms with van der Waals surface area (Å²) in [6.07, 6.45) is 0. The average Bonchev–Trinajstić information content (AvgIpc) is 3.12. The minimum Gasteiger partial charge on any atom is -0.203 e. The molecule has 4 rings (SSSR count). The summed E-state index contributed by atoms with van der Waals surface area (Å²) in [6, 6.07) is 3.57. The van der Waals surface area contributed by atoms with Crippen molar-refractivity contribution in [3.63, 3.8) is 0 Å². The number of aromatic nitrogens is 2. The summed E-state index contributed by atoms with van der Waals surface area (Å²) >= 11 is 8.43. The molecule has 0 saturated carbocycles. The zero-order valence-electron chi connectivity index (χ0n) is 10.8. The predicted molar refractivity (Wildman–Crippen MR) is 83.1 cm³/mol. The van der Waals surface area contributed by atoms with Gasteiger partial charge in [-0.3, -0.25) is 0 Å². The average molecular weight is 375 g/mol. The van der Waals surface area contributed by atoms with Gasteiger partial charge in [-0.25, -0.2) is 17.6 Å². The molecule has 0 aliphatic carbocycles. The van der Waals surface area contributed by atoms with Gasteiger partial charge >= 0.3 is 0 Å². The van der Waals surface area contributed by atoms with Crippen molar-refractivity contribution in [2.24, 2.45) is 0 Å². The van der Waals surface area contributed by atoms with Crippen LogP contribution in [0.1, 0.15) is 0 Å². The highest BCUT2D eigenvalue weighted by Gasteiger charge is 2.26. The molecule has 0 spiro atoms. The van der Waals surface area contributed by atoms with E-state index in [-0.39, 0.29) is 5.69 Å². The van der Waals surface area contributed by atoms with Gasteiger partial charge in [-0.15, -0.1) is 32.9 Å². The highest BCUT2D eigenvalue weighted by molar-refractivity contribution is 7.28. The summed E-state index contributed by atoms with van der Waals surface area (Å²) in [7, 11) is 0. The largest absolute Gasteiger partial charge is 0.203 e. The van der Waals surface area contributed by atoms with Gasteiger partial charge in [0.2, 0.25) is 0 Å². The molecule has 0 bridgehead atoms. The number of thiophene rings is 2. The number of benzene rings is 1. The van der Waals surface area contributed by atoms with Crippen molar-refractivity contribution in [2.45, 2.75) is 0 Å². The number of hydrogen-bond donors (Lipinski definition) is 0. The fourth-order valence-electron chi connectivity index (χ4n) is 2.30. The van der Waals surface area contributed by atoms with Gasteiger partial charge < -0.3 is 0 Å². The summed E-state index contributed by atoms with van der Waals surface area (Å²) < 4.78 is 57.2. The van der Waals surface area contributed by atoms with E-state index < -0.39 is 39.2 Å². The lowest BCUT2D eigenvalue weighted by Crippen LogP contribution is -2.02. The van der Waals surface area contributed by atoms with E-state index in [1.54, 1.807) is 6.07 Å². The summed E-state index contributed by atoms with van der Waals surface area (Å²) in [5.41, 5.74) is -0.0758. The van der Waals surface area contributed by atoms with Crippen LogP contribution in [0.25, 0.3) is 30.7 Å². The molecule has 0 atom stereocenters. The number of fused-ring (bicyclic) bond motifs is 2. The van der Waals surface area contributed by atoms with Crippen LogP contribution in [0.4, 0.5) is 17.6 Å². The second kappa shape index (κ2) is 5.12. The van der Waals surface area contributed by atoms with Crippen LogP contribution in [-0.2, 0) is 0 Å². The monoisotopic (exact) mass is 374 g/mol. The van der Waals surface area contributed by atoms with Crippen LogP contribution in [-0.4, -0.2) is 10.2 Å². The summed E-state index contributed by atoms with van der Waals surface area (Å²) in [5.74, 6) is -6.96. The SMILES string of the molecule is Fc1c(F)c(F)c2c(-c3cc4sccc4s3)nnc(Cl)c2c1F. The maximum Gasteiger partial charge on any atom is 0.198 e. The Labute approximate surface area is 139 Å². The summed E-state index contributed by atoms with van der Waals surface area (Å²) in [6.45, 7) is 0. The van der Waals surface area contributed by atoms with Gasteiger partial charge in [-0.05, 0) is 17.5 Å². The zero-order chi connectivity index (χ0) is 16.3. The third-order valence-electron chi connectivity index (χ3n) is 3.32. The third kappa shape index (κ3) is 2.05. The van der Waals surface area contributed by atoms with Crippen LogP contribution < -0.4 is 0 Å². The first kappa shape index (κ1) is 14.8. The molecule has 0 N–H and O–H groups in total. The molecule has 0 radical (unpaired) electrons. The quantitative estimate of drug-likeness (QED) is 0.240. The second-order valence-electron chi connectivity index (χ2n) is 4.61. The highest BCUT2D eigenvalue weighted by Crippen LogP contribution is 2.41. The molecular weight excluding hydrogens is 372 g/mol. The number of hydrogen-bond acceptors (Lipinski definition) is 4. The maximum absolute atomic E-state index is 14.2. The Hall–Kier alpha value is -1.77. The Bertz CT molecular complexity index is 1060. The summed E-state index contributed by atoms with van der Waals surface area (Å²) in [4.78, 5) is 0.463. The minimum atomic E-state index is -1.93. The fourth-order valence-corrected chi connectivity index (χ4v) is 4.61. The minimum absolute atomic E-state index is 0.0758. The molecule has 9 heteroatoms. The van der Waals surface area contributed by atoms with Crippen molar-refractivity contribution in [2.75, 3.05) is 0 Å². The molecule has 23 heavy (non-hydrogen) atoms. The van der Waals surface area contributed by atoms with E-state index in [2.05, 4.69) is 10.2 Å². The maximum atomic E-state index is 14.2. The van der Waals surface area contributed by atoms with Gasteiger partial charge in [0.05, 0.1) is 15.6 Å². The standard InChI is InChI=1S/C14H3ClF4N2S2/c15-14-8-7(9(16)11(18)12(19)10(8)17)13(20-21-14)6-3-5-4(23-6)1-2-22-5/h1-3H. The van der Waals surface area contributed by atoms with Crippen molar-refractivity contribution in [1.29, 1.82) is 0 Å². The lowest BCUT2D eigenvalue weighted by molar-refractivity contribution is 0.418. The molecule has 0 aliphatic heterocycles. The van der Waals surface area contributed by atoms with Crippen LogP contribution >= 0.6 is 34.3 Å². The van der Waals surface area contributed by atoms with E-state index in [9.17, 15) is 17.6 Å². The molecule has 1 aromatic carbocycles. The highest BCUT2D eigenvalue weighted by atomic mass is 35.5. The topological polar surface area (TPSA) is 25.8 Å². The van der Waals surface area contributed by atoms with Crippen LogP contribution in [0.2, 0.25) is 5.15 Å². The normalized spacial score (nSPS) is 11.7. The van der Waals surface area contributed by atoms with Crippen molar-refractivity contribution >= 4 is 54.4 Å². The molecule has 3 heterocycles. The molecule has 3 aromatic heterocycles. The Balaban J connectivity index is 2.16. The van der Waals surface area contributed by atoms with Gasteiger partial charge in [-0.2, -0.15) is 0 Å². The first-order valence-electron chi connectivity index (χ1n) is 6.14. The Morgan fingerprint density at radius 2 is 1.57 bits per heavy atom. The molecule has 0 unspecified atom stereocenters. The molecule has 0 fully saturated rings. The van der Waals surface area contributed by atoms with Gasteiger partial charge in [0, 0.05) is 9.40 Å². The first-order valence-corrected chi connectivity index (χ1v) is 8.21. The lowest BCUT2D eigenvalue weighted by Gasteiger charge is -2.08. The molecule has 116 valence electrons. The molecule has 0 saturated heterocycles. The van der Waals surface area contributed by atoms with Gasteiger partial charge in [0.15, 0.2) is 28.4 Å². The van der Waals surface area contributed by atoms with E-state index in [0.717, 1.165) is 9.40 Å². The van der Waals surface area contributed by atoms with Crippen LogP contribution in [0.5, 0.6) is 0 Å². The zero-order valence-corrected chi connectivity index (χ0v) is 13.2. The van der Waals surface area contributed by atoms with Crippen molar-refractivity contribution in [1.82, 2.24) is 10.2 Å². The first-order chi connectivity index (χ1) is 11.0. The lowest BCUT2D eigenvalue weighted by atomic mass is 10.1. The van der Waals surface area contributed by atoms with E-state index in [4.69, 9.17) is 11.6 Å². The van der Waals surface area contributed by atoms with Crippen molar-refractivity contribution in [3.05, 3.63) is 45.9 Å². The van der Waals surface area contributed by atoms with Crippen LogP contribution in [0.3, 0.4) is 0 Å². The predicted octanol–water partition coefficient (Wildman–Crippen LogP) is 5.78. The van der Waals surface area contributed by atoms with E-state index in [1.165, 1.54) is 22.7 Å². The fraction of sp³-hybridized carbons (Fsp3) is 0. The van der Waals surface area contributed by atoms with Gasteiger partial charge in [0.25, 0.3) is 0 Å². The van der Waals surface area contributed by atoms with Gasteiger partial charge in [0.1, 0.15) is 5.69 Å². The van der Waals surface area contributed by atoms with Crippen LogP contribution in [0, 0.1) is 23.3 Å². The number of rotatable bonds is 1. The second-order valence-corrected chi connectivity index (χ2v) is 6.99. The smallest absolute Gasteiger partial charge is 0.198 e. The Kier molecular flexibility index (Phi) is 3.29. The van der Waals surface area contributed by atoms with Gasteiger partial charge in [-0.1, -0.05) is 11.6 Å². The summed E-state index contributed by atoms with van der Waals surface area (Å²) in [5, 5.41) is 7.51. The van der Waals surface area contributed by atoms with Crippen molar-refractivity contribution < 1.29 is 17.6 Å². The molecule has 4 aromatic rings. The van der Waals surface area contributed by atoms with Crippen molar-refractivity contribution in [3.8, 4) is 10.6 Å². The Morgan fingerprint density at radius 1 is 0.870 bits per heavy atom. The number of halogens is 5. The molecule has 2 nitrogen and oxygen atoms in total. The van der Waals surface area contributed by atoms with E-state index in [0.29, 0.717) is 4.88 Å². The number of nitrogens with zero attached hydrogens (tertiary/aromatic N) is 2. The van der Waals surface area contributed by atoms with E-state index >= 15 is 0 Å². The van der Waals surface area contributed by atoms with E-state index in [1.807, 2.05) is 11.4 Å². The molecular formula is C14H3ClF4N2S2.